The van der Waals surface area contributed by atoms with Crippen molar-refractivity contribution in [3.05, 3.63) is 27.9 Å². The monoisotopic (exact) mass is 325 g/mol. The summed E-state index contributed by atoms with van der Waals surface area (Å²) >= 11 is 0. The summed E-state index contributed by atoms with van der Waals surface area (Å²) in [5.74, 6) is -1.48. The third kappa shape index (κ3) is 4.15. The molecule has 0 radical (unpaired) electrons. The summed E-state index contributed by atoms with van der Waals surface area (Å²) in [5, 5.41) is 11.4. The summed E-state index contributed by atoms with van der Waals surface area (Å²) in [6, 6.07) is 0.404. The lowest BCUT2D eigenvalue weighted by molar-refractivity contribution is -0.384. The molecule has 0 spiro atoms. The van der Waals surface area contributed by atoms with E-state index >= 15 is 0 Å². The van der Waals surface area contributed by atoms with E-state index in [4.69, 9.17) is 9.47 Å². The second-order valence-electron chi connectivity index (χ2n) is 4.55. The SMILES string of the molecule is CCOC(=O)c1ccnc(N(C)C(C)C(=O)OCC)c1[N+](=O)[O-]. The van der Waals surface area contributed by atoms with Crippen LogP contribution in [0.1, 0.15) is 31.1 Å². The Balaban J connectivity index is 3.30. The van der Waals surface area contributed by atoms with Crippen LogP contribution in [0.2, 0.25) is 0 Å². The maximum absolute atomic E-state index is 11.9. The summed E-state index contributed by atoms with van der Waals surface area (Å²) in [4.78, 5) is 39.6. The van der Waals surface area contributed by atoms with Gasteiger partial charge in [0.05, 0.1) is 18.1 Å². The minimum Gasteiger partial charge on any atom is -0.464 e. The van der Waals surface area contributed by atoms with Crippen LogP contribution in [-0.4, -0.2) is 48.1 Å². The number of rotatable bonds is 7. The minimum atomic E-state index is -0.819. The standard InChI is InChI=1S/C14H19N3O6/c1-5-22-13(18)9(3)16(4)12-11(17(20)21)10(7-8-15-12)14(19)23-6-2/h7-9H,5-6H2,1-4H3. The van der Waals surface area contributed by atoms with Crippen molar-refractivity contribution >= 4 is 23.4 Å². The number of likely N-dealkylation sites (N-methyl/N-ethyl adjacent to an activating group) is 1. The number of hydrogen-bond acceptors (Lipinski definition) is 8. The van der Waals surface area contributed by atoms with Crippen molar-refractivity contribution in [2.75, 3.05) is 25.2 Å². The molecule has 1 aromatic rings. The van der Waals surface area contributed by atoms with Gasteiger partial charge in [-0.1, -0.05) is 0 Å². The van der Waals surface area contributed by atoms with Crippen LogP contribution in [0.4, 0.5) is 11.5 Å². The lowest BCUT2D eigenvalue weighted by atomic mass is 10.2. The molecule has 0 amide bonds. The fraction of sp³-hybridized carbons (Fsp3) is 0.500. The normalized spacial score (nSPS) is 11.5. The van der Waals surface area contributed by atoms with E-state index < -0.39 is 28.6 Å². The van der Waals surface area contributed by atoms with Gasteiger partial charge in [0.1, 0.15) is 11.6 Å². The van der Waals surface area contributed by atoms with E-state index in [1.54, 1.807) is 13.8 Å². The molecular formula is C14H19N3O6. The van der Waals surface area contributed by atoms with Gasteiger partial charge in [-0.2, -0.15) is 0 Å². The largest absolute Gasteiger partial charge is 0.464 e. The highest BCUT2D eigenvalue weighted by Crippen LogP contribution is 2.30. The van der Waals surface area contributed by atoms with Crippen LogP contribution in [0.3, 0.4) is 0 Å². The van der Waals surface area contributed by atoms with E-state index in [1.807, 2.05) is 0 Å². The first-order chi connectivity index (χ1) is 10.8. The maximum Gasteiger partial charge on any atom is 0.345 e. The first-order valence-electron chi connectivity index (χ1n) is 7.05. The second-order valence-corrected chi connectivity index (χ2v) is 4.55. The number of anilines is 1. The Labute approximate surface area is 133 Å². The molecule has 0 aliphatic carbocycles. The van der Waals surface area contributed by atoms with Crippen LogP contribution < -0.4 is 4.90 Å². The molecule has 9 heteroatoms. The molecule has 0 saturated heterocycles. The van der Waals surface area contributed by atoms with Crippen molar-refractivity contribution in [1.82, 2.24) is 4.98 Å². The number of nitrogens with zero attached hydrogens (tertiary/aromatic N) is 3. The van der Waals surface area contributed by atoms with E-state index in [0.29, 0.717) is 0 Å². The van der Waals surface area contributed by atoms with Crippen molar-refractivity contribution in [2.45, 2.75) is 26.8 Å². The zero-order valence-corrected chi connectivity index (χ0v) is 13.4. The predicted molar refractivity (Wildman–Crippen MR) is 81.3 cm³/mol. The molecule has 1 atom stereocenters. The summed E-state index contributed by atoms with van der Waals surface area (Å²) in [6.45, 7) is 5.06. The fourth-order valence-corrected chi connectivity index (χ4v) is 1.86. The van der Waals surface area contributed by atoms with Gasteiger partial charge in [-0.15, -0.1) is 0 Å². The van der Waals surface area contributed by atoms with Gasteiger partial charge in [0, 0.05) is 13.2 Å². The lowest BCUT2D eigenvalue weighted by Crippen LogP contribution is -2.38. The molecule has 126 valence electrons. The highest BCUT2D eigenvalue weighted by molar-refractivity contribution is 5.96. The summed E-state index contributed by atoms with van der Waals surface area (Å²) in [5.41, 5.74) is -0.727. The smallest absolute Gasteiger partial charge is 0.345 e. The van der Waals surface area contributed by atoms with Gasteiger partial charge < -0.3 is 14.4 Å². The molecule has 23 heavy (non-hydrogen) atoms. The van der Waals surface area contributed by atoms with Gasteiger partial charge in [0.15, 0.2) is 0 Å². The summed E-state index contributed by atoms with van der Waals surface area (Å²) < 4.78 is 9.71. The number of ether oxygens (including phenoxy) is 2. The number of pyridine rings is 1. The molecule has 0 aliphatic heterocycles. The minimum absolute atomic E-state index is 0.0860. The number of esters is 2. The van der Waals surface area contributed by atoms with Gasteiger partial charge in [0.2, 0.25) is 5.82 Å². The Morgan fingerprint density at radius 1 is 1.35 bits per heavy atom. The molecule has 1 heterocycles. The van der Waals surface area contributed by atoms with Crippen LogP contribution in [0.25, 0.3) is 0 Å². The van der Waals surface area contributed by atoms with Crippen LogP contribution in [0.15, 0.2) is 12.3 Å². The van der Waals surface area contributed by atoms with Gasteiger partial charge in [0.25, 0.3) is 0 Å². The number of nitro groups is 1. The van der Waals surface area contributed by atoms with Crippen molar-refractivity contribution in [1.29, 1.82) is 0 Å². The predicted octanol–water partition coefficient (Wildman–Crippen LogP) is 1.55. The molecule has 0 aliphatic rings. The Hall–Kier alpha value is -2.71. The van der Waals surface area contributed by atoms with Crippen LogP contribution >= 0.6 is 0 Å². The Bertz CT molecular complexity index is 604. The molecule has 0 N–H and O–H groups in total. The highest BCUT2D eigenvalue weighted by atomic mass is 16.6. The van der Waals surface area contributed by atoms with Gasteiger partial charge >= 0.3 is 17.6 Å². The first kappa shape index (κ1) is 18.3. The number of aromatic nitrogens is 1. The highest BCUT2D eigenvalue weighted by Gasteiger charge is 2.32. The van der Waals surface area contributed by atoms with E-state index in [-0.39, 0.29) is 24.6 Å². The fourth-order valence-electron chi connectivity index (χ4n) is 1.86. The van der Waals surface area contributed by atoms with Crippen LogP contribution in [0, 0.1) is 10.1 Å². The van der Waals surface area contributed by atoms with Gasteiger partial charge in [-0.3, -0.25) is 10.1 Å². The number of carbonyl (C=O) groups is 2. The quantitative estimate of drug-likeness (QED) is 0.422. The maximum atomic E-state index is 11.9. The zero-order chi connectivity index (χ0) is 17.6. The molecule has 9 nitrogen and oxygen atoms in total. The van der Waals surface area contributed by atoms with Crippen LogP contribution in [0.5, 0.6) is 0 Å². The van der Waals surface area contributed by atoms with Crippen molar-refractivity contribution in [2.24, 2.45) is 0 Å². The number of carbonyl (C=O) groups excluding carboxylic acids is 2. The van der Waals surface area contributed by atoms with Gasteiger partial charge in [-0.05, 0) is 26.8 Å². The second kappa shape index (κ2) is 8.06. The van der Waals surface area contributed by atoms with Crippen molar-refractivity contribution in [3.8, 4) is 0 Å². The third-order valence-corrected chi connectivity index (χ3v) is 3.13. The summed E-state index contributed by atoms with van der Waals surface area (Å²) in [6.07, 6.45) is 1.25. The molecule has 1 unspecified atom stereocenters. The molecule has 1 aromatic heterocycles. The first-order valence-corrected chi connectivity index (χ1v) is 7.05. The van der Waals surface area contributed by atoms with E-state index in [9.17, 15) is 19.7 Å². The molecule has 0 fully saturated rings. The van der Waals surface area contributed by atoms with Crippen LogP contribution in [-0.2, 0) is 14.3 Å². The molecule has 0 bridgehead atoms. The van der Waals surface area contributed by atoms with E-state index in [0.717, 1.165) is 0 Å². The Morgan fingerprint density at radius 2 is 1.96 bits per heavy atom. The average molecular weight is 325 g/mol. The van der Waals surface area contributed by atoms with Crippen molar-refractivity contribution in [3.63, 3.8) is 0 Å². The summed E-state index contributed by atoms with van der Waals surface area (Å²) in [7, 11) is 1.46. The Morgan fingerprint density at radius 3 is 2.48 bits per heavy atom. The van der Waals surface area contributed by atoms with E-state index in [1.165, 1.54) is 31.1 Å². The lowest BCUT2D eigenvalue weighted by Gasteiger charge is -2.24. The van der Waals surface area contributed by atoms with Crippen molar-refractivity contribution < 1.29 is 24.0 Å². The zero-order valence-electron chi connectivity index (χ0n) is 13.4. The third-order valence-electron chi connectivity index (χ3n) is 3.13. The molecular weight excluding hydrogens is 306 g/mol. The van der Waals surface area contributed by atoms with Gasteiger partial charge in [-0.25, -0.2) is 14.6 Å². The topological polar surface area (TPSA) is 112 Å². The Kier molecular flexibility index (Phi) is 6.43. The molecule has 0 saturated carbocycles. The average Bonchev–Trinajstić information content (AvgIpc) is 2.53. The molecule has 0 aromatic carbocycles. The molecule has 1 rings (SSSR count). The van der Waals surface area contributed by atoms with E-state index in [2.05, 4.69) is 4.98 Å². The number of hydrogen-bond donors (Lipinski definition) is 0.